The fourth-order valence-electron chi connectivity index (χ4n) is 2.81. The Balaban J connectivity index is 1.99. The predicted octanol–water partition coefficient (Wildman–Crippen LogP) is 4.58. The average molecular weight is 405 g/mol. The van der Waals surface area contributed by atoms with E-state index in [1.807, 2.05) is 6.07 Å². The van der Waals surface area contributed by atoms with Gasteiger partial charge in [-0.15, -0.1) is 0 Å². The summed E-state index contributed by atoms with van der Waals surface area (Å²) in [6.45, 7) is 1.57. The van der Waals surface area contributed by atoms with Crippen LogP contribution in [0.2, 0.25) is 0 Å². The van der Waals surface area contributed by atoms with Crippen molar-refractivity contribution in [2.24, 2.45) is 5.92 Å². The van der Waals surface area contributed by atoms with E-state index in [2.05, 4.69) is 37.2 Å². The maximum absolute atomic E-state index is 11.3. The Morgan fingerprint density at radius 3 is 2.60 bits per heavy atom. The Labute approximate surface area is 136 Å². The highest BCUT2D eigenvalue weighted by Gasteiger charge is 2.16. The Kier molecular flexibility index (Phi) is 6.05. The van der Waals surface area contributed by atoms with E-state index in [4.69, 9.17) is 0 Å². The van der Waals surface area contributed by atoms with E-state index in [9.17, 15) is 9.90 Å². The monoisotopic (exact) mass is 403 g/mol. The molecule has 0 radical (unpaired) electrons. The van der Waals surface area contributed by atoms with Crippen LogP contribution in [0.15, 0.2) is 21.1 Å². The molecule has 1 aliphatic carbocycles. The molecular formula is C15H19Br2NO2. The van der Waals surface area contributed by atoms with Crippen molar-refractivity contribution in [3.8, 4) is 0 Å². The van der Waals surface area contributed by atoms with Crippen molar-refractivity contribution in [1.29, 1.82) is 0 Å². The third kappa shape index (κ3) is 4.30. The predicted molar refractivity (Wildman–Crippen MR) is 87.1 cm³/mol. The molecule has 2 N–H and O–H groups in total. The summed E-state index contributed by atoms with van der Waals surface area (Å²) in [5.74, 6) is -0.147. The summed E-state index contributed by atoms with van der Waals surface area (Å²) in [5, 5.41) is 12.7. The van der Waals surface area contributed by atoms with Gasteiger partial charge in [-0.3, -0.25) is 0 Å². The van der Waals surface area contributed by atoms with Gasteiger partial charge in [0.2, 0.25) is 0 Å². The number of benzene rings is 1. The normalized spacial score (nSPS) is 16.3. The van der Waals surface area contributed by atoms with Gasteiger partial charge < -0.3 is 10.4 Å². The van der Waals surface area contributed by atoms with Crippen molar-refractivity contribution in [1.82, 2.24) is 5.32 Å². The standard InChI is InChI=1S/C15H19Br2NO2/c16-12-6-11(14(15(19)20)13(17)7-12)9-18-8-10-4-2-1-3-5-10/h6-7,10,18H,1-5,8-9H2,(H,19,20). The second-order valence-electron chi connectivity index (χ2n) is 5.36. The summed E-state index contributed by atoms with van der Waals surface area (Å²) in [6, 6.07) is 3.65. The Hall–Kier alpha value is -0.390. The van der Waals surface area contributed by atoms with Crippen molar-refractivity contribution in [2.75, 3.05) is 6.54 Å². The first-order chi connectivity index (χ1) is 9.58. The third-order valence-corrected chi connectivity index (χ3v) is 4.91. The van der Waals surface area contributed by atoms with Crippen molar-refractivity contribution >= 4 is 37.8 Å². The number of rotatable bonds is 5. The van der Waals surface area contributed by atoms with Crippen LogP contribution in [0, 0.1) is 5.92 Å². The molecular weight excluding hydrogens is 386 g/mol. The van der Waals surface area contributed by atoms with E-state index in [0.29, 0.717) is 16.6 Å². The first-order valence-electron chi connectivity index (χ1n) is 7.00. The molecule has 0 saturated heterocycles. The van der Waals surface area contributed by atoms with Gasteiger partial charge in [0.25, 0.3) is 0 Å². The topological polar surface area (TPSA) is 49.3 Å². The molecule has 0 aliphatic heterocycles. The second-order valence-corrected chi connectivity index (χ2v) is 7.13. The van der Waals surface area contributed by atoms with Crippen molar-refractivity contribution in [3.05, 3.63) is 32.2 Å². The van der Waals surface area contributed by atoms with E-state index >= 15 is 0 Å². The average Bonchev–Trinajstić information content (AvgIpc) is 2.38. The minimum absolute atomic E-state index is 0.351. The molecule has 1 aromatic rings. The van der Waals surface area contributed by atoms with Crippen LogP contribution in [0.25, 0.3) is 0 Å². The van der Waals surface area contributed by atoms with Crippen molar-refractivity contribution < 1.29 is 9.90 Å². The summed E-state index contributed by atoms with van der Waals surface area (Å²) in [7, 11) is 0. The highest BCUT2D eigenvalue weighted by Crippen LogP contribution is 2.27. The number of nitrogens with one attached hydrogen (secondary N) is 1. The minimum atomic E-state index is -0.890. The molecule has 1 saturated carbocycles. The zero-order valence-corrected chi connectivity index (χ0v) is 14.5. The third-order valence-electron chi connectivity index (χ3n) is 3.82. The lowest BCUT2D eigenvalue weighted by atomic mass is 9.89. The van der Waals surface area contributed by atoms with Crippen LogP contribution in [-0.2, 0) is 6.54 Å². The number of aromatic carboxylic acids is 1. The van der Waals surface area contributed by atoms with Crippen LogP contribution in [-0.4, -0.2) is 17.6 Å². The van der Waals surface area contributed by atoms with Crippen molar-refractivity contribution in [3.63, 3.8) is 0 Å². The molecule has 1 aliphatic rings. The molecule has 1 aromatic carbocycles. The van der Waals surface area contributed by atoms with Gasteiger partial charge in [-0.2, -0.15) is 0 Å². The van der Waals surface area contributed by atoms with Gasteiger partial charge in [0.05, 0.1) is 5.56 Å². The summed E-state index contributed by atoms with van der Waals surface area (Å²) < 4.78 is 1.51. The molecule has 3 nitrogen and oxygen atoms in total. The van der Waals surface area contributed by atoms with Crippen LogP contribution in [0.3, 0.4) is 0 Å². The van der Waals surface area contributed by atoms with Crippen LogP contribution in [0.4, 0.5) is 0 Å². The van der Waals surface area contributed by atoms with Gasteiger partial charge in [-0.05, 0) is 58.9 Å². The lowest BCUT2D eigenvalue weighted by Gasteiger charge is -2.22. The largest absolute Gasteiger partial charge is 0.478 e. The van der Waals surface area contributed by atoms with Crippen LogP contribution in [0.5, 0.6) is 0 Å². The van der Waals surface area contributed by atoms with Gasteiger partial charge >= 0.3 is 5.97 Å². The molecule has 0 heterocycles. The highest BCUT2D eigenvalue weighted by molar-refractivity contribution is 9.11. The van der Waals surface area contributed by atoms with Gasteiger partial charge in [-0.1, -0.05) is 35.2 Å². The summed E-state index contributed by atoms with van der Waals surface area (Å²) in [5.41, 5.74) is 1.17. The van der Waals surface area contributed by atoms with E-state index in [1.165, 1.54) is 32.1 Å². The molecule has 0 atom stereocenters. The Morgan fingerprint density at radius 2 is 1.95 bits per heavy atom. The molecule has 0 amide bonds. The maximum atomic E-state index is 11.3. The second kappa shape index (κ2) is 7.57. The van der Waals surface area contributed by atoms with E-state index < -0.39 is 5.97 Å². The van der Waals surface area contributed by atoms with Gasteiger partial charge in [0.15, 0.2) is 0 Å². The number of carboxylic acid groups (broad SMARTS) is 1. The SMILES string of the molecule is O=C(O)c1c(Br)cc(Br)cc1CNCC1CCCCC1. The Bertz CT molecular complexity index is 485. The number of carboxylic acids is 1. The molecule has 110 valence electrons. The number of hydrogen-bond donors (Lipinski definition) is 2. The van der Waals surface area contributed by atoms with E-state index in [1.54, 1.807) is 6.07 Å². The lowest BCUT2D eigenvalue weighted by Crippen LogP contribution is -2.25. The molecule has 1 fully saturated rings. The number of halogens is 2. The maximum Gasteiger partial charge on any atom is 0.337 e. The lowest BCUT2D eigenvalue weighted by molar-refractivity contribution is 0.0694. The fraction of sp³-hybridized carbons (Fsp3) is 0.533. The van der Waals surface area contributed by atoms with Crippen LogP contribution >= 0.6 is 31.9 Å². The first-order valence-corrected chi connectivity index (χ1v) is 8.58. The quantitative estimate of drug-likeness (QED) is 0.754. The zero-order valence-electron chi connectivity index (χ0n) is 11.3. The van der Waals surface area contributed by atoms with Gasteiger partial charge in [-0.25, -0.2) is 4.79 Å². The minimum Gasteiger partial charge on any atom is -0.478 e. The van der Waals surface area contributed by atoms with Crippen LogP contribution in [0.1, 0.15) is 48.0 Å². The molecule has 0 bridgehead atoms. The molecule has 0 spiro atoms. The van der Waals surface area contributed by atoms with E-state index in [0.717, 1.165) is 22.5 Å². The summed E-state index contributed by atoms with van der Waals surface area (Å²) in [4.78, 5) is 11.3. The van der Waals surface area contributed by atoms with Crippen LogP contribution < -0.4 is 5.32 Å². The smallest absolute Gasteiger partial charge is 0.337 e. The van der Waals surface area contributed by atoms with Gasteiger partial charge in [0, 0.05) is 15.5 Å². The zero-order chi connectivity index (χ0) is 14.5. The first kappa shape index (κ1) is 16.0. The number of hydrogen-bond acceptors (Lipinski definition) is 2. The molecule has 0 unspecified atom stereocenters. The van der Waals surface area contributed by atoms with E-state index in [-0.39, 0.29) is 0 Å². The van der Waals surface area contributed by atoms with Crippen molar-refractivity contribution in [2.45, 2.75) is 38.6 Å². The van der Waals surface area contributed by atoms with Gasteiger partial charge in [0.1, 0.15) is 0 Å². The fourth-order valence-corrected chi connectivity index (χ4v) is 4.29. The molecule has 0 aromatic heterocycles. The molecule has 2 rings (SSSR count). The summed E-state index contributed by atoms with van der Waals surface area (Å²) >= 11 is 6.74. The number of carbonyl (C=O) groups is 1. The Morgan fingerprint density at radius 1 is 1.25 bits per heavy atom. The molecule has 20 heavy (non-hydrogen) atoms. The summed E-state index contributed by atoms with van der Waals surface area (Å²) in [6.07, 6.45) is 6.60. The molecule has 5 heteroatoms. The highest BCUT2D eigenvalue weighted by atomic mass is 79.9.